The lowest BCUT2D eigenvalue weighted by Gasteiger charge is -2.10. The van der Waals surface area contributed by atoms with Gasteiger partial charge in [-0.1, -0.05) is 36.4 Å². The predicted octanol–water partition coefficient (Wildman–Crippen LogP) is 2.96. The smallest absolute Gasteiger partial charge is 0.354 e. The Hall–Kier alpha value is -3.95. The molecule has 0 aliphatic heterocycles. The van der Waals surface area contributed by atoms with Crippen molar-refractivity contribution >= 4 is 16.9 Å². The minimum atomic E-state index is -4.51. The van der Waals surface area contributed by atoms with E-state index in [4.69, 9.17) is 0 Å². The Bertz CT molecular complexity index is 1310. The maximum atomic E-state index is 13.0. The molecule has 0 spiro atoms. The SMILES string of the molecule is O=C(Cn1cnc2c(cnn2-c2cccc(C(F)(F)F)c2)c1=O)NCCc1ccccc1. The molecule has 0 aliphatic carbocycles. The summed E-state index contributed by atoms with van der Waals surface area (Å²) < 4.78 is 41.3. The zero-order valence-corrected chi connectivity index (χ0v) is 16.7. The third kappa shape index (κ3) is 4.53. The van der Waals surface area contributed by atoms with Crippen LogP contribution in [0.5, 0.6) is 0 Å². The highest BCUT2D eigenvalue weighted by molar-refractivity contribution is 5.77. The van der Waals surface area contributed by atoms with E-state index in [9.17, 15) is 22.8 Å². The number of carbonyl (C=O) groups is 1. The van der Waals surface area contributed by atoms with Crippen molar-refractivity contribution in [2.24, 2.45) is 0 Å². The molecule has 32 heavy (non-hydrogen) atoms. The number of nitrogens with zero attached hydrogens (tertiary/aromatic N) is 4. The zero-order valence-electron chi connectivity index (χ0n) is 16.7. The van der Waals surface area contributed by atoms with Gasteiger partial charge in [-0.25, -0.2) is 9.67 Å². The van der Waals surface area contributed by atoms with Crippen LogP contribution in [0.4, 0.5) is 13.2 Å². The van der Waals surface area contributed by atoms with Gasteiger partial charge in [-0.3, -0.25) is 14.2 Å². The highest BCUT2D eigenvalue weighted by atomic mass is 19.4. The van der Waals surface area contributed by atoms with E-state index in [1.165, 1.54) is 24.7 Å². The molecule has 10 heteroatoms. The molecule has 1 amide bonds. The van der Waals surface area contributed by atoms with E-state index in [1.807, 2.05) is 30.3 Å². The summed E-state index contributed by atoms with van der Waals surface area (Å²) >= 11 is 0. The number of hydrogen-bond acceptors (Lipinski definition) is 4. The Balaban J connectivity index is 1.51. The Morgan fingerprint density at radius 2 is 1.84 bits per heavy atom. The van der Waals surface area contributed by atoms with E-state index in [-0.39, 0.29) is 29.2 Å². The number of rotatable bonds is 6. The number of amides is 1. The van der Waals surface area contributed by atoms with Gasteiger partial charge in [-0.2, -0.15) is 18.3 Å². The quantitative estimate of drug-likeness (QED) is 0.499. The van der Waals surface area contributed by atoms with Crippen LogP contribution in [-0.2, 0) is 23.9 Å². The highest BCUT2D eigenvalue weighted by Crippen LogP contribution is 2.30. The van der Waals surface area contributed by atoms with Crippen molar-refractivity contribution in [1.29, 1.82) is 0 Å². The molecule has 0 aliphatic rings. The van der Waals surface area contributed by atoms with E-state index >= 15 is 0 Å². The standard InChI is InChI=1S/C22H18F3N5O2/c23-22(24,25)16-7-4-8-17(11-16)30-20-18(12-28-30)21(32)29(14-27-20)13-19(31)26-10-9-15-5-2-1-3-6-15/h1-8,11-12,14H,9-10,13H2,(H,26,31). The topological polar surface area (TPSA) is 81.8 Å². The molecular formula is C22H18F3N5O2. The molecular weight excluding hydrogens is 423 g/mol. The molecule has 4 rings (SSSR count). The van der Waals surface area contributed by atoms with Gasteiger partial charge in [-0.15, -0.1) is 0 Å². The summed E-state index contributed by atoms with van der Waals surface area (Å²) in [6, 6.07) is 14.2. The Morgan fingerprint density at radius 1 is 1.06 bits per heavy atom. The number of aromatic nitrogens is 4. The van der Waals surface area contributed by atoms with Crippen LogP contribution in [0.2, 0.25) is 0 Å². The van der Waals surface area contributed by atoms with Crippen LogP contribution in [-0.4, -0.2) is 31.8 Å². The summed E-state index contributed by atoms with van der Waals surface area (Å²) in [5, 5.41) is 6.88. The summed E-state index contributed by atoms with van der Waals surface area (Å²) in [7, 11) is 0. The molecule has 0 saturated carbocycles. The van der Waals surface area contributed by atoms with Crippen molar-refractivity contribution in [2.75, 3.05) is 6.54 Å². The van der Waals surface area contributed by atoms with Crippen molar-refractivity contribution in [3.8, 4) is 5.69 Å². The fourth-order valence-electron chi connectivity index (χ4n) is 3.27. The zero-order chi connectivity index (χ0) is 22.7. The van der Waals surface area contributed by atoms with E-state index in [1.54, 1.807) is 0 Å². The van der Waals surface area contributed by atoms with Gasteiger partial charge in [0.15, 0.2) is 5.65 Å². The Morgan fingerprint density at radius 3 is 2.59 bits per heavy atom. The van der Waals surface area contributed by atoms with E-state index in [0.29, 0.717) is 13.0 Å². The lowest BCUT2D eigenvalue weighted by molar-refractivity contribution is -0.137. The fraction of sp³-hybridized carbons (Fsp3) is 0.182. The molecule has 0 saturated heterocycles. The van der Waals surface area contributed by atoms with E-state index in [0.717, 1.165) is 26.9 Å². The van der Waals surface area contributed by atoms with Gasteiger partial charge in [0.2, 0.25) is 5.91 Å². The molecule has 0 radical (unpaired) electrons. The minimum absolute atomic E-state index is 0.0991. The highest BCUT2D eigenvalue weighted by Gasteiger charge is 2.30. The van der Waals surface area contributed by atoms with E-state index in [2.05, 4.69) is 15.4 Å². The number of halogens is 3. The third-order valence-corrected chi connectivity index (χ3v) is 4.87. The third-order valence-electron chi connectivity index (χ3n) is 4.87. The summed E-state index contributed by atoms with van der Waals surface area (Å²) in [6.07, 6.45) is -1.43. The lowest BCUT2D eigenvalue weighted by Crippen LogP contribution is -2.33. The summed E-state index contributed by atoms with van der Waals surface area (Å²) in [5.41, 5.74) is -0.0335. The molecule has 0 atom stereocenters. The van der Waals surface area contributed by atoms with Gasteiger partial charge in [0.05, 0.1) is 17.4 Å². The monoisotopic (exact) mass is 441 g/mol. The second-order valence-electron chi connectivity index (χ2n) is 7.10. The average Bonchev–Trinajstić information content (AvgIpc) is 3.21. The first kappa shape index (κ1) is 21.3. The van der Waals surface area contributed by atoms with Crippen LogP contribution in [0.25, 0.3) is 16.7 Å². The molecule has 7 nitrogen and oxygen atoms in total. The normalized spacial score (nSPS) is 11.6. The van der Waals surface area contributed by atoms with Crippen molar-refractivity contribution in [2.45, 2.75) is 19.1 Å². The van der Waals surface area contributed by atoms with Crippen molar-refractivity contribution in [3.63, 3.8) is 0 Å². The molecule has 2 heterocycles. The summed E-state index contributed by atoms with van der Waals surface area (Å²) in [6.45, 7) is 0.187. The van der Waals surface area contributed by atoms with Crippen molar-refractivity contribution < 1.29 is 18.0 Å². The number of hydrogen-bond donors (Lipinski definition) is 1. The molecule has 0 bridgehead atoms. The van der Waals surface area contributed by atoms with Crippen LogP contribution < -0.4 is 10.9 Å². The van der Waals surface area contributed by atoms with Crippen molar-refractivity contribution in [3.05, 3.63) is 88.6 Å². The van der Waals surface area contributed by atoms with Gasteiger partial charge in [0.25, 0.3) is 5.56 Å². The van der Waals surface area contributed by atoms with Crippen LogP contribution in [0.15, 0.2) is 71.9 Å². The number of nitrogens with one attached hydrogen (secondary N) is 1. The number of fused-ring (bicyclic) bond motifs is 1. The molecule has 2 aromatic carbocycles. The first-order valence-electron chi connectivity index (χ1n) is 9.74. The van der Waals surface area contributed by atoms with Gasteiger partial charge >= 0.3 is 6.18 Å². The van der Waals surface area contributed by atoms with Gasteiger partial charge < -0.3 is 5.32 Å². The van der Waals surface area contributed by atoms with E-state index < -0.39 is 17.3 Å². The summed E-state index contributed by atoms with van der Waals surface area (Å²) in [5.74, 6) is -0.352. The molecule has 0 fully saturated rings. The lowest BCUT2D eigenvalue weighted by atomic mass is 10.1. The Kier molecular flexibility index (Phi) is 5.76. The molecule has 164 valence electrons. The second-order valence-corrected chi connectivity index (χ2v) is 7.10. The summed E-state index contributed by atoms with van der Waals surface area (Å²) in [4.78, 5) is 29.1. The second kappa shape index (κ2) is 8.66. The van der Waals surface area contributed by atoms with Gasteiger partial charge in [0, 0.05) is 6.54 Å². The van der Waals surface area contributed by atoms with Crippen LogP contribution >= 0.6 is 0 Å². The maximum Gasteiger partial charge on any atom is 0.416 e. The molecule has 1 N–H and O–H groups in total. The molecule has 0 unspecified atom stereocenters. The van der Waals surface area contributed by atoms with Crippen LogP contribution in [0, 0.1) is 0 Å². The predicted molar refractivity (Wildman–Crippen MR) is 111 cm³/mol. The van der Waals surface area contributed by atoms with Gasteiger partial charge in [0.1, 0.15) is 18.3 Å². The fourth-order valence-corrected chi connectivity index (χ4v) is 3.27. The molecule has 2 aromatic heterocycles. The average molecular weight is 441 g/mol. The van der Waals surface area contributed by atoms with Gasteiger partial charge in [-0.05, 0) is 30.2 Å². The number of carbonyl (C=O) groups excluding carboxylic acids is 1. The van der Waals surface area contributed by atoms with Crippen molar-refractivity contribution in [1.82, 2.24) is 24.6 Å². The maximum absolute atomic E-state index is 13.0. The largest absolute Gasteiger partial charge is 0.416 e. The van der Waals surface area contributed by atoms with Crippen LogP contribution in [0.3, 0.4) is 0 Å². The first-order valence-corrected chi connectivity index (χ1v) is 9.74. The number of benzene rings is 2. The minimum Gasteiger partial charge on any atom is -0.354 e. The van der Waals surface area contributed by atoms with Crippen LogP contribution in [0.1, 0.15) is 11.1 Å². The Labute approximate surface area is 180 Å². The molecule has 4 aromatic rings. The first-order chi connectivity index (χ1) is 15.3. The number of alkyl halides is 3.